The van der Waals surface area contributed by atoms with Gasteiger partial charge in [0.25, 0.3) is 0 Å². The van der Waals surface area contributed by atoms with Crippen LogP contribution in [0.2, 0.25) is 0 Å². The van der Waals surface area contributed by atoms with Crippen molar-refractivity contribution in [2.75, 3.05) is 0 Å². The average Bonchev–Trinajstić information content (AvgIpc) is 3.51. The van der Waals surface area contributed by atoms with Crippen LogP contribution in [0.25, 0.3) is 49.3 Å². The van der Waals surface area contributed by atoms with Crippen LogP contribution in [0.1, 0.15) is 17.4 Å². The normalized spacial score (nSPS) is 12.4. The van der Waals surface area contributed by atoms with Crippen LogP contribution in [0.15, 0.2) is 72.5 Å². The van der Waals surface area contributed by atoms with Crippen molar-refractivity contribution in [1.82, 2.24) is 20.2 Å². The van der Waals surface area contributed by atoms with E-state index >= 15 is 0 Å². The van der Waals surface area contributed by atoms with Gasteiger partial charge >= 0.3 is 0 Å². The van der Waals surface area contributed by atoms with E-state index in [1.807, 2.05) is 30.5 Å². The summed E-state index contributed by atoms with van der Waals surface area (Å²) < 4.78 is 0. The number of aryl methyl sites for hydroxylation is 1. The molecule has 0 aliphatic heterocycles. The van der Waals surface area contributed by atoms with E-state index in [0.29, 0.717) is 5.65 Å². The van der Waals surface area contributed by atoms with E-state index in [1.54, 1.807) is 6.21 Å². The lowest BCUT2D eigenvalue weighted by Gasteiger charge is -2.01. The molecule has 0 amide bonds. The number of benzene rings is 1. The first-order valence-corrected chi connectivity index (χ1v) is 10.8. The maximum atomic E-state index is 4.54. The number of aliphatic imine (C=N–C) groups is 1. The Morgan fingerprint density at radius 3 is 2.84 bits per heavy atom. The molecule has 1 aromatic carbocycles. The monoisotopic (exact) mass is 423 g/mol. The molecule has 6 heteroatoms. The van der Waals surface area contributed by atoms with E-state index in [4.69, 9.17) is 0 Å². The Kier molecular flexibility index (Phi) is 4.84. The van der Waals surface area contributed by atoms with Crippen molar-refractivity contribution in [1.29, 1.82) is 0 Å². The molecule has 0 saturated carbocycles. The number of thiophene rings is 1. The molecule has 0 unspecified atom stereocenters. The zero-order valence-electron chi connectivity index (χ0n) is 17.3. The summed E-state index contributed by atoms with van der Waals surface area (Å²) >= 11 is 1.81. The fourth-order valence-corrected chi connectivity index (χ4v) is 4.70. The number of nitrogens with one attached hydrogen (secondary N) is 2. The largest absolute Gasteiger partial charge is 0.353 e. The molecule has 5 aromatic rings. The first-order chi connectivity index (χ1) is 15.2. The van der Waals surface area contributed by atoms with Crippen LogP contribution in [-0.4, -0.2) is 26.4 Å². The summed E-state index contributed by atoms with van der Waals surface area (Å²) in [4.78, 5) is 14.8. The quantitative estimate of drug-likeness (QED) is 0.307. The average molecular weight is 424 g/mol. The van der Waals surface area contributed by atoms with Gasteiger partial charge in [0.1, 0.15) is 0 Å². The number of fused-ring (bicyclic) bond motifs is 2. The second-order valence-electron chi connectivity index (χ2n) is 7.26. The van der Waals surface area contributed by atoms with Gasteiger partial charge in [0, 0.05) is 55.8 Å². The van der Waals surface area contributed by atoms with Crippen LogP contribution in [0, 0.1) is 6.92 Å². The second-order valence-corrected chi connectivity index (χ2v) is 8.55. The minimum atomic E-state index is 0.683. The molecule has 0 bridgehead atoms. The number of H-pyrrole nitrogens is 2. The van der Waals surface area contributed by atoms with Crippen molar-refractivity contribution in [3.05, 3.63) is 78.0 Å². The van der Waals surface area contributed by atoms with E-state index < -0.39 is 0 Å². The standard InChI is InChI=1S/C25H21N5S/c1-4-16(13-26-5-2)17-11-20-24(29-30-25(20)27-14-17)22-12-19-18(7-6-8-21(19)28-22)23-10-9-15(3)31-23/h4-14,28H,2H2,1,3H3,(H,27,29,30)/b16-4+,26-13?. The van der Waals surface area contributed by atoms with Crippen molar-refractivity contribution in [2.45, 2.75) is 13.8 Å². The van der Waals surface area contributed by atoms with Gasteiger partial charge in [-0.05, 0) is 49.8 Å². The zero-order valence-corrected chi connectivity index (χ0v) is 18.1. The van der Waals surface area contributed by atoms with Gasteiger partial charge in [0.2, 0.25) is 0 Å². The highest BCUT2D eigenvalue weighted by Crippen LogP contribution is 2.36. The van der Waals surface area contributed by atoms with Gasteiger partial charge in [-0.3, -0.25) is 10.1 Å². The van der Waals surface area contributed by atoms with E-state index in [0.717, 1.165) is 33.4 Å². The van der Waals surface area contributed by atoms with Gasteiger partial charge in [-0.15, -0.1) is 11.3 Å². The molecule has 0 saturated heterocycles. The maximum absolute atomic E-state index is 4.54. The Labute approximate surface area is 183 Å². The third-order valence-electron chi connectivity index (χ3n) is 5.31. The smallest absolute Gasteiger partial charge is 0.181 e. The Balaban J connectivity index is 1.65. The molecule has 5 nitrogen and oxygen atoms in total. The first kappa shape index (κ1) is 19.2. The molecule has 5 rings (SSSR count). The van der Waals surface area contributed by atoms with Crippen molar-refractivity contribution in [3.8, 4) is 21.8 Å². The van der Waals surface area contributed by atoms with Crippen molar-refractivity contribution in [2.24, 2.45) is 4.99 Å². The SMILES string of the molecule is C=CN=C/C(=C\C)c1cnc2n[nH]c(-c3cc4c(-c5ccc(C)s5)cccc4[nH]3)c2c1. The highest BCUT2D eigenvalue weighted by molar-refractivity contribution is 7.15. The zero-order chi connectivity index (χ0) is 21.4. The number of aromatic nitrogens is 4. The fraction of sp³-hybridized carbons (Fsp3) is 0.0800. The molecule has 0 aliphatic rings. The van der Waals surface area contributed by atoms with E-state index in [-0.39, 0.29) is 0 Å². The van der Waals surface area contributed by atoms with E-state index in [2.05, 4.69) is 81.1 Å². The van der Waals surface area contributed by atoms with Gasteiger partial charge in [0.15, 0.2) is 5.65 Å². The minimum Gasteiger partial charge on any atom is -0.353 e. The summed E-state index contributed by atoms with van der Waals surface area (Å²) in [5.74, 6) is 0. The third-order valence-corrected chi connectivity index (χ3v) is 6.35. The van der Waals surface area contributed by atoms with Gasteiger partial charge in [0.05, 0.1) is 11.4 Å². The molecule has 31 heavy (non-hydrogen) atoms. The molecular formula is C25H21N5S. The molecule has 0 radical (unpaired) electrons. The molecule has 0 fully saturated rings. The maximum Gasteiger partial charge on any atom is 0.181 e. The lowest BCUT2D eigenvalue weighted by molar-refractivity contribution is 1.10. The van der Waals surface area contributed by atoms with Crippen molar-refractivity contribution < 1.29 is 0 Å². The molecule has 0 aliphatic carbocycles. The molecule has 4 aromatic heterocycles. The van der Waals surface area contributed by atoms with E-state index in [9.17, 15) is 0 Å². The molecule has 4 heterocycles. The number of aromatic amines is 2. The molecule has 152 valence electrons. The second kappa shape index (κ2) is 7.81. The van der Waals surface area contributed by atoms with Crippen LogP contribution in [0.4, 0.5) is 0 Å². The molecular weight excluding hydrogens is 402 g/mol. The predicted molar refractivity (Wildman–Crippen MR) is 132 cm³/mol. The molecule has 2 N–H and O–H groups in total. The van der Waals surface area contributed by atoms with Crippen LogP contribution in [0.3, 0.4) is 0 Å². The summed E-state index contributed by atoms with van der Waals surface area (Å²) in [5.41, 5.74) is 6.88. The third kappa shape index (κ3) is 3.41. The number of nitrogens with zero attached hydrogens (tertiary/aromatic N) is 3. The highest BCUT2D eigenvalue weighted by Gasteiger charge is 2.15. The summed E-state index contributed by atoms with van der Waals surface area (Å²) in [6.45, 7) is 7.77. The first-order valence-electron chi connectivity index (χ1n) is 10.0. The van der Waals surface area contributed by atoms with Gasteiger partial charge < -0.3 is 4.98 Å². The van der Waals surface area contributed by atoms with Crippen LogP contribution in [0.5, 0.6) is 0 Å². The lowest BCUT2D eigenvalue weighted by Crippen LogP contribution is -1.88. The van der Waals surface area contributed by atoms with Crippen LogP contribution < -0.4 is 0 Å². The van der Waals surface area contributed by atoms with Crippen molar-refractivity contribution in [3.63, 3.8) is 0 Å². The number of pyridine rings is 1. The summed E-state index contributed by atoms with van der Waals surface area (Å²) in [5, 5.41) is 9.74. The topological polar surface area (TPSA) is 69.7 Å². The predicted octanol–water partition coefficient (Wildman–Crippen LogP) is 6.76. The number of hydrogen-bond acceptors (Lipinski definition) is 4. The highest BCUT2D eigenvalue weighted by atomic mass is 32.1. The van der Waals surface area contributed by atoms with Crippen molar-refractivity contribution >= 4 is 45.1 Å². The Bertz CT molecular complexity index is 1480. The van der Waals surface area contributed by atoms with Crippen LogP contribution in [-0.2, 0) is 0 Å². The minimum absolute atomic E-state index is 0.683. The molecule has 0 spiro atoms. The lowest BCUT2D eigenvalue weighted by atomic mass is 10.1. The van der Waals surface area contributed by atoms with Crippen LogP contribution >= 0.6 is 11.3 Å². The summed E-state index contributed by atoms with van der Waals surface area (Å²) in [6.07, 6.45) is 7.14. The summed E-state index contributed by atoms with van der Waals surface area (Å²) in [6, 6.07) is 15.0. The Morgan fingerprint density at radius 2 is 2.06 bits per heavy atom. The summed E-state index contributed by atoms with van der Waals surface area (Å²) in [7, 11) is 0. The fourth-order valence-electron chi connectivity index (χ4n) is 3.80. The Hall–Kier alpha value is -3.77. The number of allylic oxidation sites excluding steroid dienone is 2. The number of rotatable bonds is 5. The molecule has 0 atom stereocenters. The van der Waals surface area contributed by atoms with E-state index in [1.165, 1.54) is 26.9 Å². The Morgan fingerprint density at radius 1 is 1.16 bits per heavy atom. The van der Waals surface area contributed by atoms with Gasteiger partial charge in [-0.1, -0.05) is 24.8 Å². The van der Waals surface area contributed by atoms with Gasteiger partial charge in [-0.25, -0.2) is 4.98 Å². The van der Waals surface area contributed by atoms with Gasteiger partial charge in [-0.2, -0.15) is 5.10 Å². The number of hydrogen-bond donors (Lipinski definition) is 2.